The van der Waals surface area contributed by atoms with Gasteiger partial charge < -0.3 is 14.6 Å². The highest BCUT2D eigenvalue weighted by molar-refractivity contribution is 6.62. The van der Waals surface area contributed by atoms with Crippen LogP contribution in [0.1, 0.15) is 38.1 Å². The summed E-state index contributed by atoms with van der Waals surface area (Å²) in [6.45, 7) is 8.02. The number of carbonyl (C=O) groups is 1. The van der Waals surface area contributed by atoms with Crippen molar-refractivity contribution in [3.05, 3.63) is 59.9 Å². The van der Waals surface area contributed by atoms with Crippen LogP contribution in [0.5, 0.6) is 0 Å². The molecule has 130 valence electrons. The average molecular weight is 341 g/mol. The molecule has 1 saturated heterocycles. The van der Waals surface area contributed by atoms with Crippen LogP contribution in [0.2, 0.25) is 0 Å². The van der Waals surface area contributed by atoms with E-state index < -0.39 is 18.3 Å². The van der Waals surface area contributed by atoms with Gasteiger partial charge in [0.2, 0.25) is 0 Å². The summed E-state index contributed by atoms with van der Waals surface area (Å²) in [5.74, 6) is -0.660. The van der Waals surface area contributed by atoms with Crippen LogP contribution in [0.4, 0.5) is 10.1 Å². The van der Waals surface area contributed by atoms with Crippen LogP contribution in [-0.2, 0) is 9.31 Å². The van der Waals surface area contributed by atoms with Gasteiger partial charge in [-0.1, -0.05) is 12.1 Å². The summed E-state index contributed by atoms with van der Waals surface area (Å²) in [5, 5.41) is 2.78. The van der Waals surface area contributed by atoms with Gasteiger partial charge in [0.15, 0.2) is 0 Å². The third kappa shape index (κ3) is 3.60. The highest BCUT2D eigenvalue weighted by Gasteiger charge is 2.51. The van der Waals surface area contributed by atoms with E-state index in [-0.39, 0.29) is 11.7 Å². The molecular formula is C19H21BFNO3. The molecule has 0 radical (unpaired) electrons. The Labute approximate surface area is 147 Å². The lowest BCUT2D eigenvalue weighted by molar-refractivity contribution is 0.00578. The molecule has 6 heteroatoms. The Kier molecular flexibility index (Phi) is 4.43. The predicted octanol–water partition coefficient (Wildman–Crippen LogP) is 3.38. The summed E-state index contributed by atoms with van der Waals surface area (Å²) in [6.07, 6.45) is 0. The molecule has 1 fully saturated rings. The van der Waals surface area contributed by atoms with Gasteiger partial charge in [-0.05, 0) is 69.6 Å². The van der Waals surface area contributed by atoms with Gasteiger partial charge in [0.1, 0.15) is 5.82 Å². The minimum absolute atomic E-state index is 0.289. The number of amides is 1. The minimum Gasteiger partial charge on any atom is -0.399 e. The van der Waals surface area contributed by atoms with Crippen molar-refractivity contribution < 1.29 is 18.5 Å². The quantitative estimate of drug-likeness (QED) is 0.871. The maximum atomic E-state index is 12.9. The summed E-state index contributed by atoms with van der Waals surface area (Å²) in [5.41, 5.74) is 1.14. The summed E-state index contributed by atoms with van der Waals surface area (Å²) in [4.78, 5) is 12.2. The van der Waals surface area contributed by atoms with Crippen molar-refractivity contribution in [3.8, 4) is 0 Å². The van der Waals surface area contributed by atoms with Crippen molar-refractivity contribution in [3.63, 3.8) is 0 Å². The third-order valence-corrected chi connectivity index (χ3v) is 4.80. The highest BCUT2D eigenvalue weighted by atomic mass is 19.1. The summed E-state index contributed by atoms with van der Waals surface area (Å²) in [7, 11) is -0.438. The van der Waals surface area contributed by atoms with Crippen LogP contribution in [0.15, 0.2) is 48.5 Å². The zero-order chi connectivity index (χ0) is 18.2. The highest BCUT2D eigenvalue weighted by Crippen LogP contribution is 2.36. The molecule has 0 bridgehead atoms. The third-order valence-electron chi connectivity index (χ3n) is 4.80. The fraction of sp³-hybridized carbons (Fsp3) is 0.316. The van der Waals surface area contributed by atoms with Crippen LogP contribution >= 0.6 is 0 Å². The van der Waals surface area contributed by atoms with Crippen molar-refractivity contribution in [2.24, 2.45) is 0 Å². The van der Waals surface area contributed by atoms with E-state index in [1.807, 2.05) is 39.8 Å². The Hall–Kier alpha value is -2.18. The summed E-state index contributed by atoms with van der Waals surface area (Å²) >= 11 is 0. The molecule has 1 N–H and O–H groups in total. The van der Waals surface area contributed by atoms with E-state index >= 15 is 0 Å². The molecule has 0 aromatic heterocycles. The number of hydrogen-bond donors (Lipinski definition) is 1. The van der Waals surface area contributed by atoms with E-state index in [0.717, 1.165) is 5.46 Å². The number of rotatable bonds is 3. The smallest absolute Gasteiger partial charge is 0.399 e. The van der Waals surface area contributed by atoms with Gasteiger partial charge >= 0.3 is 7.12 Å². The Balaban J connectivity index is 1.69. The fourth-order valence-electron chi connectivity index (χ4n) is 2.51. The van der Waals surface area contributed by atoms with E-state index in [0.29, 0.717) is 11.3 Å². The lowest BCUT2D eigenvalue weighted by Gasteiger charge is -2.32. The topological polar surface area (TPSA) is 47.6 Å². The standard InChI is InChI=1S/C19H21BFNO3/c1-18(2)19(3,4)25-20(24-18)14-7-11-16(12-8-14)22-17(23)13-5-9-15(21)10-6-13/h5-12H,1-4H3,(H,22,23). The Morgan fingerprint density at radius 2 is 1.44 bits per heavy atom. The first-order valence-electron chi connectivity index (χ1n) is 8.20. The number of benzene rings is 2. The Bertz CT molecular complexity index is 756. The van der Waals surface area contributed by atoms with E-state index in [1.165, 1.54) is 24.3 Å². The molecule has 2 aromatic rings. The lowest BCUT2D eigenvalue weighted by atomic mass is 9.79. The van der Waals surface area contributed by atoms with Gasteiger partial charge in [-0.2, -0.15) is 0 Å². The molecule has 1 aliphatic heterocycles. The van der Waals surface area contributed by atoms with E-state index in [2.05, 4.69) is 5.32 Å². The molecule has 1 aliphatic rings. The Morgan fingerprint density at radius 1 is 0.920 bits per heavy atom. The van der Waals surface area contributed by atoms with Gasteiger partial charge in [-0.15, -0.1) is 0 Å². The van der Waals surface area contributed by atoms with Crippen LogP contribution in [0.3, 0.4) is 0 Å². The predicted molar refractivity (Wildman–Crippen MR) is 96.5 cm³/mol. The number of nitrogens with one attached hydrogen (secondary N) is 1. The zero-order valence-corrected chi connectivity index (χ0v) is 14.8. The Morgan fingerprint density at radius 3 is 1.96 bits per heavy atom. The maximum Gasteiger partial charge on any atom is 0.494 e. The van der Waals surface area contributed by atoms with Crippen molar-refractivity contribution in [2.45, 2.75) is 38.9 Å². The van der Waals surface area contributed by atoms with E-state index in [1.54, 1.807) is 12.1 Å². The molecule has 0 unspecified atom stereocenters. The SMILES string of the molecule is CC1(C)OB(c2ccc(NC(=O)c3ccc(F)cc3)cc2)OC1(C)C. The number of halogens is 1. The van der Waals surface area contributed by atoms with Gasteiger partial charge in [-0.25, -0.2) is 4.39 Å². The van der Waals surface area contributed by atoms with Gasteiger partial charge in [0, 0.05) is 11.3 Å². The molecule has 3 rings (SSSR count). The van der Waals surface area contributed by atoms with Crippen molar-refractivity contribution >= 4 is 24.2 Å². The van der Waals surface area contributed by atoms with Gasteiger partial charge in [0.05, 0.1) is 11.2 Å². The minimum atomic E-state index is -0.438. The zero-order valence-electron chi connectivity index (χ0n) is 14.8. The molecular weight excluding hydrogens is 320 g/mol. The van der Waals surface area contributed by atoms with Gasteiger partial charge in [-0.3, -0.25) is 4.79 Å². The molecule has 0 aliphatic carbocycles. The van der Waals surface area contributed by atoms with Crippen LogP contribution in [-0.4, -0.2) is 24.2 Å². The molecule has 0 saturated carbocycles. The summed E-state index contributed by atoms with van der Waals surface area (Å²) in [6, 6.07) is 12.7. The van der Waals surface area contributed by atoms with Gasteiger partial charge in [0.25, 0.3) is 5.91 Å². The molecule has 4 nitrogen and oxygen atoms in total. The molecule has 1 heterocycles. The summed E-state index contributed by atoms with van der Waals surface area (Å²) < 4.78 is 24.9. The van der Waals surface area contributed by atoms with Crippen molar-refractivity contribution in [1.82, 2.24) is 0 Å². The van der Waals surface area contributed by atoms with Crippen LogP contribution in [0.25, 0.3) is 0 Å². The lowest BCUT2D eigenvalue weighted by Crippen LogP contribution is -2.41. The average Bonchev–Trinajstić information content (AvgIpc) is 2.76. The van der Waals surface area contributed by atoms with Crippen LogP contribution < -0.4 is 10.8 Å². The normalized spacial score (nSPS) is 18.2. The van der Waals surface area contributed by atoms with E-state index in [9.17, 15) is 9.18 Å². The number of anilines is 1. The monoisotopic (exact) mass is 341 g/mol. The first-order valence-corrected chi connectivity index (χ1v) is 8.20. The second-order valence-corrected chi connectivity index (χ2v) is 7.17. The van der Waals surface area contributed by atoms with E-state index in [4.69, 9.17) is 9.31 Å². The maximum absolute atomic E-state index is 12.9. The molecule has 2 aromatic carbocycles. The number of carbonyl (C=O) groups excluding carboxylic acids is 1. The molecule has 0 spiro atoms. The fourth-order valence-corrected chi connectivity index (χ4v) is 2.51. The molecule has 0 atom stereocenters. The van der Waals surface area contributed by atoms with Crippen molar-refractivity contribution in [2.75, 3.05) is 5.32 Å². The first-order chi connectivity index (χ1) is 11.7. The second kappa shape index (κ2) is 6.28. The molecule has 1 amide bonds. The largest absolute Gasteiger partial charge is 0.494 e. The number of hydrogen-bond acceptors (Lipinski definition) is 3. The van der Waals surface area contributed by atoms with Crippen LogP contribution in [0, 0.1) is 5.82 Å². The molecule has 25 heavy (non-hydrogen) atoms. The second-order valence-electron chi connectivity index (χ2n) is 7.17. The van der Waals surface area contributed by atoms with Crippen molar-refractivity contribution in [1.29, 1.82) is 0 Å². The first kappa shape index (κ1) is 17.6.